The number of para-hydroxylation sites is 2. The van der Waals surface area contributed by atoms with Crippen molar-refractivity contribution in [3.05, 3.63) is 88.9 Å². The highest BCUT2D eigenvalue weighted by Gasteiger charge is 2.13. The molecule has 2 aromatic carbocycles. The number of hydrogen-bond donors (Lipinski definition) is 1. The fourth-order valence-corrected chi connectivity index (χ4v) is 2.93. The van der Waals surface area contributed by atoms with Crippen molar-refractivity contribution in [1.29, 1.82) is 0 Å². The smallest absolute Gasteiger partial charge is 0.250 e. The molecule has 4 aromatic rings. The highest BCUT2D eigenvalue weighted by molar-refractivity contribution is 5.95. The second-order valence-corrected chi connectivity index (χ2v) is 6.51. The lowest BCUT2D eigenvalue weighted by Crippen LogP contribution is -2.14. The molecule has 6 heteroatoms. The van der Waals surface area contributed by atoms with Crippen LogP contribution in [0.3, 0.4) is 0 Å². The zero-order valence-corrected chi connectivity index (χ0v) is 15.8. The molecule has 0 radical (unpaired) electrons. The third kappa shape index (κ3) is 4.16. The molecule has 0 atom stereocenters. The minimum Gasteiger partial charge on any atom is -0.472 e. The molecule has 29 heavy (non-hydrogen) atoms. The van der Waals surface area contributed by atoms with Gasteiger partial charge in [0.05, 0.1) is 11.3 Å². The summed E-state index contributed by atoms with van der Waals surface area (Å²) in [5.41, 5.74) is 9.44. The number of primary amides is 1. The molecule has 144 valence electrons. The SMILES string of the molecule is Cc1nc(OCc2ccccc2)c(/C=C/c2nc3ccccc3o2)cc1C(N)=O. The lowest BCUT2D eigenvalue weighted by Gasteiger charge is -2.11. The molecule has 6 nitrogen and oxygen atoms in total. The van der Waals surface area contributed by atoms with E-state index in [9.17, 15) is 4.79 Å². The fourth-order valence-electron chi connectivity index (χ4n) is 2.93. The third-order valence-electron chi connectivity index (χ3n) is 4.41. The van der Waals surface area contributed by atoms with Crippen molar-refractivity contribution >= 4 is 29.2 Å². The van der Waals surface area contributed by atoms with E-state index < -0.39 is 5.91 Å². The van der Waals surface area contributed by atoms with Crippen molar-refractivity contribution in [1.82, 2.24) is 9.97 Å². The number of amides is 1. The Morgan fingerprint density at radius 1 is 1.07 bits per heavy atom. The van der Waals surface area contributed by atoms with E-state index >= 15 is 0 Å². The molecule has 2 heterocycles. The van der Waals surface area contributed by atoms with Crippen molar-refractivity contribution in [3.63, 3.8) is 0 Å². The summed E-state index contributed by atoms with van der Waals surface area (Å²) >= 11 is 0. The molecule has 0 aliphatic carbocycles. The maximum absolute atomic E-state index is 11.7. The second kappa shape index (κ2) is 7.98. The number of fused-ring (bicyclic) bond motifs is 1. The van der Waals surface area contributed by atoms with Gasteiger partial charge in [0.1, 0.15) is 12.1 Å². The van der Waals surface area contributed by atoms with Crippen LogP contribution in [0.15, 0.2) is 65.1 Å². The molecule has 0 fully saturated rings. The van der Waals surface area contributed by atoms with E-state index in [0.717, 1.165) is 11.1 Å². The maximum atomic E-state index is 11.7. The zero-order chi connectivity index (χ0) is 20.2. The van der Waals surface area contributed by atoms with E-state index in [-0.39, 0.29) is 0 Å². The first-order chi connectivity index (χ1) is 14.1. The summed E-state index contributed by atoms with van der Waals surface area (Å²) in [6.45, 7) is 2.08. The number of nitrogens with two attached hydrogens (primary N) is 1. The van der Waals surface area contributed by atoms with Crippen molar-refractivity contribution in [2.45, 2.75) is 13.5 Å². The van der Waals surface area contributed by atoms with Crippen molar-refractivity contribution in [2.75, 3.05) is 0 Å². The number of hydrogen-bond acceptors (Lipinski definition) is 5. The lowest BCUT2D eigenvalue weighted by atomic mass is 10.1. The van der Waals surface area contributed by atoms with Crippen LogP contribution < -0.4 is 10.5 Å². The Bertz CT molecular complexity index is 1160. The first kappa shape index (κ1) is 18.4. The Hall–Kier alpha value is -3.93. The monoisotopic (exact) mass is 385 g/mol. The van der Waals surface area contributed by atoms with Gasteiger partial charge in [-0.15, -0.1) is 0 Å². The molecule has 2 aromatic heterocycles. The minimum atomic E-state index is -0.541. The number of rotatable bonds is 6. The van der Waals surface area contributed by atoms with Crippen LogP contribution in [0, 0.1) is 6.92 Å². The highest BCUT2D eigenvalue weighted by Crippen LogP contribution is 2.24. The number of nitrogens with zero attached hydrogens (tertiary/aromatic N) is 2. The number of oxazole rings is 1. The Morgan fingerprint density at radius 2 is 1.83 bits per heavy atom. The standard InChI is InChI=1S/C23H19N3O3/c1-15-18(22(24)27)13-17(23(25-15)28-14-16-7-3-2-4-8-16)11-12-21-26-19-9-5-6-10-20(19)29-21/h2-13H,14H2,1H3,(H2,24,27)/b12-11+. The van der Waals surface area contributed by atoms with Gasteiger partial charge >= 0.3 is 0 Å². The van der Waals surface area contributed by atoms with Crippen LogP contribution in [0.4, 0.5) is 0 Å². The fraction of sp³-hybridized carbons (Fsp3) is 0.0870. The van der Waals surface area contributed by atoms with Gasteiger partial charge in [-0.25, -0.2) is 9.97 Å². The number of aryl methyl sites for hydroxylation is 1. The average Bonchev–Trinajstić information content (AvgIpc) is 3.15. The van der Waals surface area contributed by atoms with Crippen LogP contribution in [0.1, 0.15) is 33.1 Å². The van der Waals surface area contributed by atoms with Gasteiger partial charge in [0, 0.05) is 11.6 Å². The van der Waals surface area contributed by atoms with E-state index in [2.05, 4.69) is 9.97 Å². The van der Waals surface area contributed by atoms with Gasteiger partial charge in [-0.3, -0.25) is 4.79 Å². The molecule has 0 aliphatic rings. The predicted molar refractivity (Wildman–Crippen MR) is 111 cm³/mol. The summed E-state index contributed by atoms with van der Waals surface area (Å²) in [6.07, 6.45) is 3.47. The summed E-state index contributed by atoms with van der Waals surface area (Å²) in [6, 6.07) is 19.0. The molecule has 4 rings (SSSR count). The number of carbonyl (C=O) groups excluding carboxylic acids is 1. The Balaban J connectivity index is 1.66. The number of carbonyl (C=O) groups is 1. The molecular weight excluding hydrogens is 366 g/mol. The van der Waals surface area contributed by atoms with Gasteiger partial charge in [0.15, 0.2) is 5.58 Å². The van der Waals surface area contributed by atoms with Crippen LogP contribution in [0.2, 0.25) is 0 Å². The third-order valence-corrected chi connectivity index (χ3v) is 4.41. The molecule has 2 N–H and O–H groups in total. The van der Waals surface area contributed by atoms with Gasteiger partial charge < -0.3 is 14.9 Å². The molecule has 0 bridgehead atoms. The van der Waals surface area contributed by atoms with Crippen LogP contribution in [-0.4, -0.2) is 15.9 Å². The molecule has 1 amide bonds. The summed E-state index contributed by atoms with van der Waals surface area (Å²) in [7, 11) is 0. The van der Waals surface area contributed by atoms with Gasteiger partial charge in [0.2, 0.25) is 11.8 Å². The Labute approximate surface area is 167 Å². The number of pyridine rings is 1. The Morgan fingerprint density at radius 3 is 2.59 bits per heavy atom. The molecule has 0 aliphatic heterocycles. The quantitative estimate of drug-likeness (QED) is 0.532. The predicted octanol–water partition coefficient (Wildman–Crippen LogP) is 4.38. The van der Waals surface area contributed by atoms with Crippen molar-refractivity contribution in [2.24, 2.45) is 5.73 Å². The topological polar surface area (TPSA) is 91.2 Å². The van der Waals surface area contributed by atoms with Crippen LogP contribution in [0.25, 0.3) is 23.3 Å². The number of benzene rings is 2. The van der Waals surface area contributed by atoms with E-state index in [1.54, 1.807) is 25.1 Å². The van der Waals surface area contributed by atoms with E-state index in [0.29, 0.717) is 40.8 Å². The van der Waals surface area contributed by atoms with E-state index in [4.69, 9.17) is 14.9 Å². The molecule has 0 saturated carbocycles. The first-order valence-electron chi connectivity index (χ1n) is 9.12. The van der Waals surface area contributed by atoms with Gasteiger partial charge in [-0.2, -0.15) is 0 Å². The number of ether oxygens (including phenoxy) is 1. The zero-order valence-electron chi connectivity index (χ0n) is 15.8. The molecule has 0 unspecified atom stereocenters. The average molecular weight is 385 g/mol. The van der Waals surface area contributed by atoms with Crippen molar-refractivity contribution < 1.29 is 13.9 Å². The summed E-state index contributed by atoms with van der Waals surface area (Å²) in [4.78, 5) is 20.6. The second-order valence-electron chi connectivity index (χ2n) is 6.51. The van der Waals surface area contributed by atoms with Gasteiger partial charge in [-0.1, -0.05) is 42.5 Å². The van der Waals surface area contributed by atoms with Gasteiger partial charge in [0.25, 0.3) is 5.91 Å². The largest absolute Gasteiger partial charge is 0.472 e. The molecular formula is C23H19N3O3. The number of aromatic nitrogens is 2. The normalized spacial score (nSPS) is 11.2. The van der Waals surface area contributed by atoms with Crippen LogP contribution in [0.5, 0.6) is 5.88 Å². The first-order valence-corrected chi connectivity index (χ1v) is 9.12. The summed E-state index contributed by atoms with van der Waals surface area (Å²) in [5.74, 6) is 0.311. The summed E-state index contributed by atoms with van der Waals surface area (Å²) < 4.78 is 11.6. The van der Waals surface area contributed by atoms with Crippen LogP contribution in [-0.2, 0) is 6.61 Å². The summed E-state index contributed by atoms with van der Waals surface area (Å²) in [5, 5.41) is 0. The molecule has 0 spiro atoms. The maximum Gasteiger partial charge on any atom is 0.250 e. The van der Waals surface area contributed by atoms with E-state index in [1.807, 2.05) is 54.6 Å². The van der Waals surface area contributed by atoms with Crippen LogP contribution >= 0.6 is 0 Å². The minimum absolute atomic E-state index is 0.342. The highest BCUT2D eigenvalue weighted by atomic mass is 16.5. The lowest BCUT2D eigenvalue weighted by molar-refractivity contribution is 0.0999. The van der Waals surface area contributed by atoms with Crippen molar-refractivity contribution in [3.8, 4) is 5.88 Å². The molecule has 0 saturated heterocycles. The van der Waals surface area contributed by atoms with Gasteiger partial charge in [-0.05, 0) is 36.8 Å². The Kier molecular flexibility index (Phi) is 5.07. The van der Waals surface area contributed by atoms with E-state index in [1.165, 1.54) is 0 Å².